The summed E-state index contributed by atoms with van der Waals surface area (Å²) in [5, 5.41) is 99.8. The number of phenols is 4. The van der Waals surface area contributed by atoms with Crippen LogP contribution in [0.3, 0.4) is 0 Å². The quantitative estimate of drug-likeness (QED) is 0.0139. The predicted octanol–water partition coefficient (Wildman–Crippen LogP) is -5.59. The third-order valence-electron chi connectivity index (χ3n) is 20.1. The lowest BCUT2D eigenvalue weighted by atomic mass is 9.96. The molecule has 29 N–H and O–H groups in total. The Balaban J connectivity index is 1.44. The molecule has 17 amide bonds. The molecule has 6 rings (SSSR count). The van der Waals surface area contributed by atoms with E-state index in [1.54, 1.807) is 41.5 Å². The SMILES string of the molecule is CC[C@H](C)[C@@H]1NC(=O)[C@H](Cc2c[nH]cn2)NC(=O)[C@H](Cc2ccc(O)cc2)NC(=O)CSC[C@@H](C(=O)NCC(N)=O)NC(=O)CNC(=O)[C@H](CC(C)C)NC(=O)[C@H](CC(N)=O)NC(=O)CNC(=O)[C@H](Cc2ccc(O)cc2)NC(=O)[C@H](CC(C)C)NC(=O)[C@H](CO)NC(=O)[C@H](CCCNC(=N)N)NC(=O)[C@H](Cc2ccc(O)cc2)NC(=O)[C@H](Cc2ccc(O)cc2)NC1=O. The van der Waals surface area contributed by atoms with E-state index in [9.17, 15) is 87.9 Å². The molecule has 45 heteroatoms. The van der Waals surface area contributed by atoms with Crippen molar-refractivity contribution < 1.29 is 107 Å². The number of thioether (sulfide) groups is 1. The van der Waals surface area contributed by atoms with Crippen LogP contribution >= 0.6 is 11.8 Å². The van der Waals surface area contributed by atoms with E-state index >= 15 is 19.2 Å². The van der Waals surface area contributed by atoms with E-state index < -0.39 is 241 Å². The van der Waals surface area contributed by atoms with E-state index in [1.165, 1.54) is 110 Å². The van der Waals surface area contributed by atoms with Crippen molar-refractivity contribution in [3.05, 3.63) is 138 Å². The Morgan fingerprint density at radius 1 is 0.450 bits per heavy atom. The van der Waals surface area contributed by atoms with Crippen molar-refractivity contribution in [2.24, 2.45) is 35.0 Å². The van der Waals surface area contributed by atoms with E-state index in [2.05, 4.69) is 95.0 Å². The number of H-pyrrole nitrogens is 1. The molecule has 5 aromatic rings. The first-order chi connectivity index (χ1) is 61.1. The molecule has 2 heterocycles. The molecule has 1 aliphatic rings. The summed E-state index contributed by atoms with van der Waals surface area (Å²) in [5.41, 5.74) is 18.0. The van der Waals surface area contributed by atoms with E-state index in [0.29, 0.717) is 22.3 Å². The number of nitrogens with one attached hydrogen (secondary N) is 18. The number of primary amides is 2. The molecule has 44 nitrogen and oxygen atoms in total. The number of hydrogen-bond acceptors (Lipinski definition) is 25. The number of carbonyl (C=O) groups is 17. The number of rotatable bonds is 26. The third-order valence-corrected chi connectivity index (χ3v) is 21.1. The second-order valence-corrected chi connectivity index (χ2v) is 32.7. The summed E-state index contributed by atoms with van der Waals surface area (Å²) >= 11 is 0.733. The number of aromatic amines is 1. The van der Waals surface area contributed by atoms with Crippen molar-refractivity contribution in [2.45, 2.75) is 185 Å². The third kappa shape index (κ3) is 36.8. The highest BCUT2D eigenvalue weighted by Gasteiger charge is 2.39. The lowest BCUT2D eigenvalue weighted by Gasteiger charge is -2.30. The molecular weight excluding hydrogens is 1700 g/mol. The summed E-state index contributed by atoms with van der Waals surface area (Å²) in [5.74, 6) is -21.6. The number of carbonyl (C=O) groups excluding carboxylic acids is 17. The molecule has 0 spiro atoms. The van der Waals surface area contributed by atoms with Gasteiger partial charge >= 0.3 is 0 Å². The van der Waals surface area contributed by atoms with Gasteiger partial charge in [-0.05, 0) is 114 Å². The van der Waals surface area contributed by atoms with E-state index in [4.69, 9.17) is 22.6 Å². The number of nitrogens with two attached hydrogens (primary N) is 3. The molecule has 700 valence electrons. The summed E-state index contributed by atoms with van der Waals surface area (Å²) in [6.07, 6.45) is -0.477. The molecule has 1 saturated heterocycles. The van der Waals surface area contributed by atoms with Gasteiger partial charge in [0.1, 0.15) is 95.5 Å². The maximum atomic E-state index is 15.3. The fraction of sp³-hybridized carbons (Fsp3) is 0.464. The number of phenolic OH excluding ortho intramolecular Hbond substituents is 4. The van der Waals surface area contributed by atoms with Crippen LogP contribution in [0.2, 0.25) is 0 Å². The van der Waals surface area contributed by atoms with Crippen molar-refractivity contribution in [3.8, 4) is 23.0 Å². The number of guanidine groups is 1. The van der Waals surface area contributed by atoms with Crippen molar-refractivity contribution >= 4 is 118 Å². The number of benzene rings is 4. The fourth-order valence-electron chi connectivity index (χ4n) is 13.1. The van der Waals surface area contributed by atoms with Crippen molar-refractivity contribution in [1.29, 1.82) is 5.41 Å². The standard InChI is InChI=1S/C84H116N22O22S/c1-7-45(6)71-83(128)104-61(32-49-16-24-54(111)25-17-49)79(124)102-60(31-48-14-22-53(110)23-15-48)78(123)98-55(9-8-26-90-84(87)88)75(120)105-64(39-107)82(127)100-57(28-44(4)5)76(121)101-58(29-46-10-18-51(108)19-11-46)73(118)93-37-68(114)95-63(34-66(85)112)80(125)99-56(27-43(2)3)72(117)92-38-69(115)97-65(74(119)91-36-67(86)113)40-129-41-70(116)96-59(30-47-12-20-52(109)21-13-47)77(122)103-62(81(126)106-71)33-50-35-89-42-94-50/h10-25,35,42-45,55-65,71,107-111H,7-9,26-34,36-41H2,1-6H3,(H2,85,112)(H2,86,113)(H,89,94)(H,91,119)(H,92,117)(H,93,118)(H,95,114)(H,96,116)(H,97,115)(H,98,123)(H,99,125)(H,100,127)(H,101,121)(H,102,124)(H,103,122)(H,104,128)(H,105,120)(H,106,126)(H4,87,88,90)/t45-,55-,56-,57-,58-,59-,60-,61-,62-,63-,64-,65-,71-/m0/s1. The number of imidazole rings is 1. The van der Waals surface area contributed by atoms with Crippen molar-refractivity contribution in [1.82, 2.24) is 95.0 Å². The predicted molar refractivity (Wildman–Crippen MR) is 467 cm³/mol. The minimum absolute atomic E-state index is 0.0431. The Labute approximate surface area is 746 Å². The number of aromatic hydroxyl groups is 4. The molecular formula is C84H116N22O22S. The maximum absolute atomic E-state index is 15.3. The lowest BCUT2D eigenvalue weighted by molar-refractivity contribution is -0.136. The van der Waals surface area contributed by atoms with Crippen LogP contribution < -0.4 is 102 Å². The molecule has 0 aliphatic carbocycles. The molecule has 13 atom stereocenters. The van der Waals surface area contributed by atoms with Crippen LogP contribution in [0.25, 0.3) is 0 Å². The molecule has 1 fully saturated rings. The smallest absolute Gasteiger partial charge is 0.245 e. The Morgan fingerprint density at radius 2 is 0.822 bits per heavy atom. The first-order valence-electron chi connectivity index (χ1n) is 41.5. The summed E-state index contributed by atoms with van der Waals surface area (Å²) in [6, 6.07) is 1.80. The summed E-state index contributed by atoms with van der Waals surface area (Å²) in [7, 11) is 0. The lowest BCUT2D eigenvalue weighted by Crippen LogP contribution is -2.62. The van der Waals surface area contributed by atoms with Gasteiger partial charge < -0.3 is 133 Å². The number of aromatic nitrogens is 2. The molecule has 0 radical (unpaired) electrons. The van der Waals surface area contributed by atoms with E-state index in [1.807, 2.05) is 0 Å². The minimum Gasteiger partial charge on any atom is -0.508 e. The number of nitrogens with zero attached hydrogens (tertiary/aromatic N) is 1. The number of amides is 17. The molecule has 1 aliphatic heterocycles. The second kappa shape index (κ2) is 52.1. The van der Waals surface area contributed by atoms with E-state index in [0.717, 1.165) is 11.8 Å². The zero-order valence-corrected chi connectivity index (χ0v) is 72.9. The minimum atomic E-state index is -1.92. The highest BCUT2D eigenvalue weighted by molar-refractivity contribution is 8.00. The molecule has 0 saturated carbocycles. The average Bonchev–Trinajstić information content (AvgIpc) is 1.21. The van der Waals surface area contributed by atoms with Crippen LogP contribution in [-0.2, 0) is 114 Å². The van der Waals surface area contributed by atoms with E-state index in [-0.39, 0.29) is 98.9 Å². The van der Waals surface area contributed by atoms with Crippen LogP contribution in [0, 0.1) is 23.2 Å². The van der Waals surface area contributed by atoms with Crippen molar-refractivity contribution in [3.63, 3.8) is 0 Å². The van der Waals surface area contributed by atoms with Gasteiger partial charge in [-0.3, -0.25) is 86.9 Å². The van der Waals surface area contributed by atoms with Crippen molar-refractivity contribution in [2.75, 3.05) is 44.3 Å². The van der Waals surface area contributed by atoms with Crippen LogP contribution in [-0.4, -0.2) is 259 Å². The van der Waals surface area contributed by atoms with Gasteiger partial charge in [0.05, 0.1) is 50.4 Å². The summed E-state index contributed by atoms with van der Waals surface area (Å²) in [4.78, 5) is 249. The average molecular weight is 1820 g/mol. The fourth-order valence-corrected chi connectivity index (χ4v) is 14.0. The highest BCUT2D eigenvalue weighted by Crippen LogP contribution is 2.20. The van der Waals surface area contributed by atoms with Crippen LogP contribution in [0.1, 0.15) is 108 Å². The van der Waals surface area contributed by atoms with Crippen LogP contribution in [0.4, 0.5) is 0 Å². The number of aliphatic hydroxyl groups is 1. The molecule has 129 heavy (non-hydrogen) atoms. The van der Waals surface area contributed by atoms with Gasteiger partial charge in [-0.2, -0.15) is 0 Å². The van der Waals surface area contributed by atoms with Gasteiger partial charge in [0, 0.05) is 50.6 Å². The summed E-state index contributed by atoms with van der Waals surface area (Å²) in [6.45, 7) is 6.13. The van der Waals surface area contributed by atoms with Gasteiger partial charge in [0.2, 0.25) is 100 Å². The Hall–Kier alpha value is -14.1. The Kier molecular flexibility index (Phi) is 41.9. The number of aliphatic hydroxyl groups excluding tert-OH is 1. The first-order valence-corrected chi connectivity index (χ1v) is 42.7. The van der Waals surface area contributed by atoms with Gasteiger partial charge in [0.15, 0.2) is 5.96 Å². The summed E-state index contributed by atoms with van der Waals surface area (Å²) < 4.78 is 0. The highest BCUT2D eigenvalue weighted by atomic mass is 32.2. The van der Waals surface area contributed by atoms with Crippen LogP contribution in [0.15, 0.2) is 110 Å². The zero-order chi connectivity index (χ0) is 95.1. The zero-order valence-electron chi connectivity index (χ0n) is 72.0. The molecule has 0 bridgehead atoms. The largest absolute Gasteiger partial charge is 0.508 e. The van der Waals surface area contributed by atoms with Gasteiger partial charge in [-0.15, -0.1) is 11.8 Å². The molecule has 4 aromatic carbocycles. The molecule has 1 aromatic heterocycles. The Morgan fingerprint density at radius 3 is 1.26 bits per heavy atom. The van der Waals surface area contributed by atoms with Crippen LogP contribution in [0.5, 0.6) is 23.0 Å². The van der Waals surface area contributed by atoms with Gasteiger partial charge in [-0.25, -0.2) is 4.98 Å². The molecule has 0 unspecified atom stereocenters. The topological polar surface area (TPSA) is 714 Å². The second-order valence-electron chi connectivity index (χ2n) is 31.7. The van der Waals surface area contributed by atoms with Gasteiger partial charge in [0.25, 0.3) is 0 Å². The normalized spacial score (nSPS) is 22.5. The maximum Gasteiger partial charge on any atom is 0.245 e. The number of hydrogen-bond donors (Lipinski definition) is 26. The van der Waals surface area contributed by atoms with Gasteiger partial charge in [-0.1, -0.05) is 96.5 Å². The monoisotopic (exact) mass is 1820 g/mol. The Bertz CT molecular complexity index is 4700. The first kappa shape index (κ1) is 104.